The smallest absolute Gasteiger partial charge is 0.243 e. The van der Waals surface area contributed by atoms with Gasteiger partial charge in [0.1, 0.15) is 11.5 Å². The number of aliphatic hydroxyl groups excluding tert-OH is 1. The molecule has 0 amide bonds. The quantitative estimate of drug-likeness (QED) is 0.890. The third-order valence-electron chi connectivity index (χ3n) is 4.69. The number of hydrogen-bond donors (Lipinski definition) is 1. The van der Waals surface area contributed by atoms with Crippen LogP contribution in [0.4, 0.5) is 0 Å². The molecule has 1 aromatic carbocycles. The van der Waals surface area contributed by atoms with Gasteiger partial charge in [-0.25, -0.2) is 0 Å². The third kappa shape index (κ3) is 3.21. The van der Waals surface area contributed by atoms with Crippen molar-refractivity contribution in [2.75, 3.05) is 20.8 Å². The number of benzene rings is 1. The van der Waals surface area contributed by atoms with Gasteiger partial charge in [-0.3, -0.25) is 4.90 Å². The maximum absolute atomic E-state index is 10.7. The van der Waals surface area contributed by atoms with Crippen LogP contribution in [0.5, 0.6) is 11.5 Å². The number of β-amino-alcohol motifs (C(OH)–C–C–N with tert-alkyl or cyclic N) is 1. The zero-order valence-corrected chi connectivity index (χ0v) is 15.3. The van der Waals surface area contributed by atoms with Gasteiger partial charge in [0.05, 0.1) is 26.4 Å². The average Bonchev–Trinajstić information content (AvgIpc) is 3.10. The molecule has 7 heteroatoms. The highest BCUT2D eigenvalue weighted by molar-refractivity contribution is 5.51. The second-order valence-corrected chi connectivity index (χ2v) is 6.63. The van der Waals surface area contributed by atoms with Crippen molar-refractivity contribution in [3.8, 4) is 11.5 Å². The Hall–Kier alpha value is -2.12. The molecule has 136 valence electrons. The largest absolute Gasteiger partial charge is 0.496 e. The highest BCUT2D eigenvalue weighted by Gasteiger charge is 2.33. The van der Waals surface area contributed by atoms with Crippen molar-refractivity contribution >= 4 is 0 Å². The molecule has 1 aliphatic heterocycles. The Kier molecular flexibility index (Phi) is 4.96. The van der Waals surface area contributed by atoms with Crippen LogP contribution in [0.25, 0.3) is 0 Å². The van der Waals surface area contributed by atoms with Crippen LogP contribution in [0.3, 0.4) is 0 Å². The van der Waals surface area contributed by atoms with E-state index in [2.05, 4.69) is 15.0 Å². The number of fused-ring (bicyclic) bond motifs is 1. The molecular formula is C18H25N3O4. The Morgan fingerprint density at radius 1 is 1.20 bits per heavy atom. The number of aromatic nitrogens is 2. The molecule has 0 saturated carbocycles. The predicted molar refractivity (Wildman–Crippen MR) is 91.7 cm³/mol. The van der Waals surface area contributed by atoms with Gasteiger partial charge in [0.15, 0.2) is 5.82 Å². The van der Waals surface area contributed by atoms with Crippen molar-refractivity contribution in [2.45, 2.75) is 45.4 Å². The van der Waals surface area contributed by atoms with Crippen molar-refractivity contribution in [2.24, 2.45) is 0 Å². The summed E-state index contributed by atoms with van der Waals surface area (Å²) in [7, 11) is 3.24. The lowest BCUT2D eigenvalue weighted by atomic mass is 9.94. The average molecular weight is 347 g/mol. The van der Waals surface area contributed by atoms with Gasteiger partial charge < -0.3 is 19.1 Å². The molecule has 1 aliphatic rings. The molecule has 2 heterocycles. The standard InChI is InChI=1S/C18H25N3O4/c1-10(2)17-19-18(25-20-17)11(3)21-8-12-14(23-4)6-7-15(24-5)16(12)13(22)9-21/h6-7,10-11,13,22H,8-9H2,1-5H3. The van der Waals surface area contributed by atoms with E-state index in [0.717, 1.165) is 16.9 Å². The van der Waals surface area contributed by atoms with E-state index in [1.165, 1.54) is 0 Å². The van der Waals surface area contributed by atoms with E-state index >= 15 is 0 Å². The van der Waals surface area contributed by atoms with Gasteiger partial charge in [0, 0.05) is 30.1 Å². The van der Waals surface area contributed by atoms with Crippen LogP contribution in [0, 0.1) is 0 Å². The number of aliphatic hydroxyl groups is 1. The predicted octanol–water partition coefficient (Wildman–Crippen LogP) is 2.82. The monoisotopic (exact) mass is 347 g/mol. The van der Waals surface area contributed by atoms with Gasteiger partial charge in [0.2, 0.25) is 5.89 Å². The Balaban J connectivity index is 1.92. The SMILES string of the molecule is COc1ccc(OC)c2c1CN(C(C)c1nc(C(C)C)no1)CC2O. The van der Waals surface area contributed by atoms with Crippen molar-refractivity contribution in [3.05, 3.63) is 35.0 Å². The molecular weight excluding hydrogens is 322 g/mol. The second kappa shape index (κ2) is 7.01. The molecule has 2 unspecified atom stereocenters. The number of ether oxygens (including phenoxy) is 2. The first-order chi connectivity index (χ1) is 12.0. The van der Waals surface area contributed by atoms with E-state index in [1.54, 1.807) is 14.2 Å². The van der Waals surface area contributed by atoms with Crippen molar-refractivity contribution < 1.29 is 19.1 Å². The molecule has 1 aromatic heterocycles. The van der Waals surface area contributed by atoms with E-state index in [-0.39, 0.29) is 12.0 Å². The molecule has 0 spiro atoms. The molecule has 2 aromatic rings. The molecule has 0 aliphatic carbocycles. The highest BCUT2D eigenvalue weighted by atomic mass is 16.5. The lowest BCUT2D eigenvalue weighted by molar-refractivity contribution is 0.0567. The summed E-state index contributed by atoms with van der Waals surface area (Å²) >= 11 is 0. The minimum absolute atomic E-state index is 0.112. The molecule has 0 fully saturated rings. The first-order valence-electron chi connectivity index (χ1n) is 8.45. The fourth-order valence-corrected chi connectivity index (χ4v) is 3.20. The second-order valence-electron chi connectivity index (χ2n) is 6.63. The molecule has 3 rings (SSSR count). The molecule has 25 heavy (non-hydrogen) atoms. The van der Waals surface area contributed by atoms with Crippen molar-refractivity contribution in [1.82, 2.24) is 15.0 Å². The van der Waals surface area contributed by atoms with E-state index in [1.807, 2.05) is 32.9 Å². The van der Waals surface area contributed by atoms with Crippen LogP contribution in [0.15, 0.2) is 16.7 Å². The maximum atomic E-state index is 10.7. The van der Waals surface area contributed by atoms with Gasteiger partial charge in [0.25, 0.3) is 0 Å². The summed E-state index contributed by atoms with van der Waals surface area (Å²) in [4.78, 5) is 6.59. The van der Waals surface area contributed by atoms with Crippen LogP contribution in [0.2, 0.25) is 0 Å². The number of methoxy groups -OCH3 is 2. The van der Waals surface area contributed by atoms with Crippen LogP contribution in [0.1, 0.15) is 61.7 Å². The molecule has 7 nitrogen and oxygen atoms in total. The van der Waals surface area contributed by atoms with Gasteiger partial charge in [-0.05, 0) is 19.1 Å². The van der Waals surface area contributed by atoms with Gasteiger partial charge in [-0.1, -0.05) is 19.0 Å². The minimum atomic E-state index is -0.677. The van der Waals surface area contributed by atoms with E-state index in [0.29, 0.717) is 30.6 Å². The summed E-state index contributed by atoms with van der Waals surface area (Å²) in [5.41, 5.74) is 1.72. The van der Waals surface area contributed by atoms with Gasteiger partial charge in [-0.15, -0.1) is 0 Å². The van der Waals surface area contributed by atoms with E-state index < -0.39 is 6.10 Å². The number of hydrogen-bond acceptors (Lipinski definition) is 7. The molecule has 2 atom stereocenters. The summed E-state index contributed by atoms with van der Waals surface area (Å²) in [5, 5.41) is 14.7. The van der Waals surface area contributed by atoms with Gasteiger partial charge >= 0.3 is 0 Å². The van der Waals surface area contributed by atoms with Crippen LogP contribution < -0.4 is 9.47 Å². The topological polar surface area (TPSA) is 80.9 Å². The molecule has 0 bridgehead atoms. The van der Waals surface area contributed by atoms with Crippen LogP contribution >= 0.6 is 0 Å². The number of nitrogens with zero attached hydrogens (tertiary/aromatic N) is 3. The summed E-state index contributed by atoms with van der Waals surface area (Å²) in [6.45, 7) is 7.11. The number of rotatable bonds is 5. The fraction of sp³-hybridized carbons (Fsp3) is 0.556. The van der Waals surface area contributed by atoms with Gasteiger partial charge in [-0.2, -0.15) is 4.98 Å². The summed E-state index contributed by atoms with van der Waals surface area (Å²) < 4.78 is 16.3. The zero-order valence-electron chi connectivity index (χ0n) is 15.3. The Labute approximate surface area is 147 Å². The summed E-state index contributed by atoms with van der Waals surface area (Å²) in [6, 6.07) is 3.58. The Bertz CT molecular complexity index is 744. The lowest BCUT2D eigenvalue weighted by Gasteiger charge is -2.36. The maximum Gasteiger partial charge on any atom is 0.243 e. The first-order valence-corrected chi connectivity index (χ1v) is 8.45. The van der Waals surface area contributed by atoms with Crippen LogP contribution in [-0.4, -0.2) is 40.9 Å². The summed E-state index contributed by atoms with van der Waals surface area (Å²) in [5.74, 6) is 2.87. The highest BCUT2D eigenvalue weighted by Crippen LogP contribution is 2.41. The Morgan fingerprint density at radius 2 is 1.88 bits per heavy atom. The molecule has 0 radical (unpaired) electrons. The first kappa shape index (κ1) is 17.7. The van der Waals surface area contributed by atoms with Crippen molar-refractivity contribution in [3.63, 3.8) is 0 Å². The molecule has 0 saturated heterocycles. The summed E-state index contributed by atoms with van der Waals surface area (Å²) in [6.07, 6.45) is -0.677. The minimum Gasteiger partial charge on any atom is -0.496 e. The molecule has 1 N–H and O–H groups in total. The lowest BCUT2D eigenvalue weighted by Crippen LogP contribution is -2.36. The normalized spacial score (nSPS) is 18.9. The Morgan fingerprint density at radius 3 is 2.48 bits per heavy atom. The fourth-order valence-electron chi connectivity index (χ4n) is 3.20. The zero-order chi connectivity index (χ0) is 18.1. The van der Waals surface area contributed by atoms with Crippen molar-refractivity contribution in [1.29, 1.82) is 0 Å². The third-order valence-corrected chi connectivity index (χ3v) is 4.69. The van der Waals surface area contributed by atoms with E-state index in [4.69, 9.17) is 14.0 Å². The van der Waals surface area contributed by atoms with Crippen LogP contribution in [-0.2, 0) is 6.54 Å². The van der Waals surface area contributed by atoms with E-state index in [9.17, 15) is 5.11 Å².